The molecule has 1 rings (SSSR count). The van der Waals surface area contributed by atoms with Crippen LogP contribution in [0.2, 0.25) is 0 Å². The van der Waals surface area contributed by atoms with Gasteiger partial charge in [-0.15, -0.1) is 0 Å². The Morgan fingerprint density at radius 1 is 0.769 bits per heavy atom. The first-order valence-electron chi connectivity index (χ1n) is 11.9. The third kappa shape index (κ3) is 12.9. The number of unbranched alkanes of at least 4 members (excludes halogenated alkanes) is 15. The fraction of sp³-hybridized carbons (Fsp3) is 0.957. The standard InChI is InChI=1S/C23H48N3/c1-2-3-4-5-6-7-8-9-10-11-12-13-14-15-16-17-18-23-25-20-22-26(23)21-19-24/h22-23,25H,2-21,24H2,1H3/q+1. The highest BCUT2D eigenvalue weighted by atomic mass is 15.2. The van der Waals surface area contributed by atoms with E-state index in [4.69, 9.17) is 5.73 Å². The van der Waals surface area contributed by atoms with Crippen LogP contribution in [0, 0.1) is 0 Å². The number of rotatable bonds is 19. The molecule has 0 bridgehead atoms. The minimum absolute atomic E-state index is 0.546. The Morgan fingerprint density at radius 2 is 1.23 bits per heavy atom. The van der Waals surface area contributed by atoms with Crippen LogP contribution in [0.25, 0.3) is 0 Å². The highest BCUT2D eigenvalue weighted by molar-refractivity contribution is 5.55. The molecule has 1 aliphatic rings. The predicted octanol–water partition coefficient (Wildman–Crippen LogP) is 5.61. The number of nitrogens with one attached hydrogen (secondary N) is 1. The zero-order chi connectivity index (χ0) is 18.7. The van der Waals surface area contributed by atoms with Gasteiger partial charge >= 0.3 is 0 Å². The van der Waals surface area contributed by atoms with Crippen LogP contribution in [-0.4, -0.2) is 36.6 Å². The summed E-state index contributed by atoms with van der Waals surface area (Å²) >= 11 is 0. The second kappa shape index (κ2) is 18.0. The SMILES string of the molecule is CCCCCCCCCCCCCCCCCCC1NCC=[N+]1CCN. The molecule has 0 aliphatic carbocycles. The smallest absolute Gasteiger partial charge is 0.206 e. The average Bonchev–Trinajstić information content (AvgIpc) is 3.09. The highest BCUT2D eigenvalue weighted by Gasteiger charge is 2.23. The Labute approximate surface area is 164 Å². The molecule has 3 nitrogen and oxygen atoms in total. The highest BCUT2D eigenvalue weighted by Crippen LogP contribution is 2.14. The molecule has 1 aliphatic heterocycles. The molecular weight excluding hydrogens is 318 g/mol. The van der Waals surface area contributed by atoms with Gasteiger partial charge in [0.05, 0.1) is 13.1 Å². The molecule has 3 N–H and O–H groups in total. The van der Waals surface area contributed by atoms with Gasteiger partial charge in [-0.3, -0.25) is 0 Å². The Morgan fingerprint density at radius 3 is 1.69 bits per heavy atom. The number of nitrogens with zero attached hydrogens (tertiary/aromatic N) is 1. The van der Waals surface area contributed by atoms with Crippen molar-refractivity contribution in [2.24, 2.45) is 5.73 Å². The van der Waals surface area contributed by atoms with Gasteiger partial charge in [-0.05, 0) is 6.42 Å². The monoisotopic (exact) mass is 366 g/mol. The molecule has 0 aromatic rings. The molecule has 154 valence electrons. The van der Waals surface area contributed by atoms with Gasteiger partial charge < -0.3 is 5.73 Å². The third-order valence-electron chi connectivity index (χ3n) is 5.80. The maximum absolute atomic E-state index is 5.67. The fourth-order valence-electron chi connectivity index (χ4n) is 4.10. The van der Waals surface area contributed by atoms with E-state index >= 15 is 0 Å². The number of nitrogens with two attached hydrogens (primary N) is 1. The lowest BCUT2D eigenvalue weighted by Crippen LogP contribution is -2.35. The van der Waals surface area contributed by atoms with E-state index in [9.17, 15) is 0 Å². The molecule has 0 saturated heterocycles. The van der Waals surface area contributed by atoms with Crippen LogP contribution >= 0.6 is 0 Å². The van der Waals surface area contributed by atoms with Gasteiger partial charge in [0.1, 0.15) is 0 Å². The van der Waals surface area contributed by atoms with Crippen LogP contribution in [0.5, 0.6) is 0 Å². The quantitative estimate of drug-likeness (QED) is 0.230. The van der Waals surface area contributed by atoms with Gasteiger partial charge in [-0.1, -0.05) is 103 Å². The fourth-order valence-corrected chi connectivity index (χ4v) is 4.10. The van der Waals surface area contributed by atoms with Gasteiger partial charge in [-0.25, -0.2) is 9.89 Å². The molecule has 26 heavy (non-hydrogen) atoms. The lowest BCUT2D eigenvalue weighted by Gasteiger charge is -2.10. The Balaban J connectivity index is 1.74. The van der Waals surface area contributed by atoms with Gasteiger partial charge in [0, 0.05) is 6.42 Å². The molecule has 0 saturated carbocycles. The molecule has 1 unspecified atom stereocenters. The van der Waals surface area contributed by atoms with Crippen LogP contribution in [0.1, 0.15) is 116 Å². The molecule has 0 fully saturated rings. The van der Waals surface area contributed by atoms with E-state index in [1.54, 1.807) is 0 Å². The Hall–Kier alpha value is -0.410. The molecular formula is C23H48N3+. The van der Waals surface area contributed by atoms with Crippen LogP contribution in [0.15, 0.2) is 0 Å². The van der Waals surface area contributed by atoms with Crippen molar-refractivity contribution in [3.8, 4) is 0 Å². The van der Waals surface area contributed by atoms with Gasteiger partial charge in [0.2, 0.25) is 6.17 Å². The summed E-state index contributed by atoms with van der Waals surface area (Å²) in [6.07, 6.45) is 27.1. The van der Waals surface area contributed by atoms with Crippen molar-refractivity contribution >= 4 is 6.21 Å². The van der Waals surface area contributed by atoms with E-state index in [0.717, 1.165) is 19.6 Å². The summed E-state index contributed by atoms with van der Waals surface area (Å²) < 4.78 is 2.39. The lowest BCUT2D eigenvalue weighted by atomic mass is 10.0. The van der Waals surface area contributed by atoms with Gasteiger partial charge in [0.15, 0.2) is 12.8 Å². The maximum Gasteiger partial charge on any atom is 0.206 e. The topological polar surface area (TPSA) is 41.1 Å². The first-order chi connectivity index (χ1) is 12.9. The van der Waals surface area contributed by atoms with Crippen LogP contribution in [0.4, 0.5) is 0 Å². The first kappa shape index (κ1) is 23.6. The Kier molecular flexibility index (Phi) is 16.3. The molecule has 1 heterocycles. The van der Waals surface area contributed by atoms with E-state index in [2.05, 4.69) is 23.0 Å². The van der Waals surface area contributed by atoms with E-state index in [0.29, 0.717) is 6.17 Å². The predicted molar refractivity (Wildman–Crippen MR) is 116 cm³/mol. The van der Waals surface area contributed by atoms with Crippen LogP contribution < -0.4 is 11.1 Å². The van der Waals surface area contributed by atoms with Crippen molar-refractivity contribution in [3.63, 3.8) is 0 Å². The molecule has 0 aromatic heterocycles. The first-order valence-corrected chi connectivity index (χ1v) is 11.9. The zero-order valence-electron chi connectivity index (χ0n) is 17.8. The number of hydrogen-bond acceptors (Lipinski definition) is 2. The van der Waals surface area contributed by atoms with Crippen molar-refractivity contribution in [1.29, 1.82) is 0 Å². The second-order valence-electron chi connectivity index (χ2n) is 8.23. The van der Waals surface area contributed by atoms with E-state index < -0.39 is 0 Å². The summed E-state index contributed by atoms with van der Waals surface area (Å²) in [5.74, 6) is 0. The van der Waals surface area contributed by atoms with E-state index in [1.807, 2.05) is 0 Å². The molecule has 0 aromatic carbocycles. The van der Waals surface area contributed by atoms with E-state index in [1.165, 1.54) is 109 Å². The van der Waals surface area contributed by atoms with Gasteiger partial charge in [-0.2, -0.15) is 0 Å². The number of hydrogen-bond donors (Lipinski definition) is 2. The van der Waals surface area contributed by atoms with Crippen LogP contribution in [-0.2, 0) is 0 Å². The Bertz CT molecular complexity index is 327. The summed E-state index contributed by atoms with van der Waals surface area (Å²) in [6, 6.07) is 0. The van der Waals surface area contributed by atoms with Crippen LogP contribution in [0.3, 0.4) is 0 Å². The average molecular weight is 367 g/mol. The summed E-state index contributed by atoms with van der Waals surface area (Å²) in [5, 5.41) is 3.56. The van der Waals surface area contributed by atoms with Crippen molar-refractivity contribution in [2.45, 2.75) is 122 Å². The van der Waals surface area contributed by atoms with Crippen molar-refractivity contribution in [1.82, 2.24) is 5.32 Å². The van der Waals surface area contributed by atoms with Crippen molar-refractivity contribution in [3.05, 3.63) is 0 Å². The van der Waals surface area contributed by atoms with E-state index in [-0.39, 0.29) is 0 Å². The minimum atomic E-state index is 0.546. The molecule has 0 radical (unpaired) electrons. The molecule has 0 spiro atoms. The summed E-state index contributed by atoms with van der Waals surface area (Å²) in [5.41, 5.74) is 5.67. The maximum atomic E-state index is 5.67. The third-order valence-corrected chi connectivity index (χ3v) is 5.80. The minimum Gasteiger partial charge on any atom is -0.325 e. The zero-order valence-corrected chi connectivity index (χ0v) is 17.8. The normalized spacial score (nSPS) is 17.0. The second-order valence-corrected chi connectivity index (χ2v) is 8.23. The van der Waals surface area contributed by atoms with Crippen molar-refractivity contribution < 1.29 is 4.58 Å². The lowest BCUT2D eigenvalue weighted by molar-refractivity contribution is -0.557. The molecule has 3 heteroatoms. The van der Waals surface area contributed by atoms with Crippen molar-refractivity contribution in [2.75, 3.05) is 19.6 Å². The molecule has 0 amide bonds. The largest absolute Gasteiger partial charge is 0.325 e. The molecule has 1 atom stereocenters. The summed E-state index contributed by atoms with van der Waals surface area (Å²) in [4.78, 5) is 0. The van der Waals surface area contributed by atoms with Gasteiger partial charge in [0.25, 0.3) is 0 Å². The summed E-state index contributed by atoms with van der Waals surface area (Å²) in [7, 11) is 0. The summed E-state index contributed by atoms with van der Waals surface area (Å²) in [6.45, 7) is 5.07.